The van der Waals surface area contributed by atoms with Gasteiger partial charge in [-0.05, 0) is 104 Å². The predicted octanol–water partition coefficient (Wildman–Crippen LogP) is 2.49. The van der Waals surface area contributed by atoms with Crippen LogP contribution in [0.25, 0.3) is 0 Å². The topological polar surface area (TPSA) is 216 Å². The molecule has 0 aromatic rings. The van der Waals surface area contributed by atoms with Crippen LogP contribution in [0.3, 0.4) is 0 Å². The lowest BCUT2D eigenvalue weighted by atomic mass is 9.33. The average Bonchev–Trinajstić information content (AvgIpc) is 3.12. The van der Waals surface area contributed by atoms with Gasteiger partial charge in [-0.2, -0.15) is 0 Å². The highest BCUT2D eigenvalue weighted by Crippen LogP contribution is 2.76. The van der Waals surface area contributed by atoms with Crippen LogP contribution in [0.5, 0.6) is 0 Å². The molecular formula is C41H66O13. The first-order valence-electron chi connectivity index (χ1n) is 20.4. The van der Waals surface area contributed by atoms with Crippen LogP contribution in [0.4, 0.5) is 0 Å². The smallest absolute Gasteiger partial charge is 0.310 e. The third kappa shape index (κ3) is 5.92. The van der Waals surface area contributed by atoms with E-state index in [9.17, 15) is 45.6 Å². The molecule has 54 heavy (non-hydrogen) atoms. The Morgan fingerprint density at radius 2 is 1.48 bits per heavy atom. The summed E-state index contributed by atoms with van der Waals surface area (Å²) >= 11 is 0. The summed E-state index contributed by atoms with van der Waals surface area (Å²) < 4.78 is 23.6. The molecule has 4 saturated carbocycles. The maximum Gasteiger partial charge on any atom is 0.310 e. The molecule has 2 aliphatic heterocycles. The third-order valence-electron chi connectivity index (χ3n) is 17.0. The van der Waals surface area contributed by atoms with Crippen molar-refractivity contribution < 1.29 is 64.6 Å². The summed E-state index contributed by atoms with van der Waals surface area (Å²) in [6, 6.07) is 0. The van der Waals surface area contributed by atoms with Crippen LogP contribution < -0.4 is 0 Å². The molecule has 2 saturated heterocycles. The fourth-order valence-corrected chi connectivity index (χ4v) is 13.4. The van der Waals surface area contributed by atoms with Crippen LogP contribution in [0, 0.1) is 50.2 Å². The second-order valence-electron chi connectivity index (χ2n) is 20.1. The first kappa shape index (κ1) is 40.9. The largest absolute Gasteiger partial charge is 0.481 e. The summed E-state index contributed by atoms with van der Waals surface area (Å²) in [6.45, 7) is 12.9. The molecular weight excluding hydrogens is 700 g/mol. The van der Waals surface area contributed by atoms with Crippen molar-refractivity contribution in [1.82, 2.24) is 0 Å². The van der Waals surface area contributed by atoms with Crippen molar-refractivity contribution in [3.05, 3.63) is 11.6 Å². The van der Waals surface area contributed by atoms with E-state index >= 15 is 0 Å². The molecule has 13 nitrogen and oxygen atoms in total. The fourth-order valence-electron chi connectivity index (χ4n) is 13.4. The zero-order valence-corrected chi connectivity index (χ0v) is 32.9. The molecule has 8 N–H and O–H groups in total. The van der Waals surface area contributed by atoms with E-state index in [2.05, 4.69) is 47.6 Å². The first-order valence-corrected chi connectivity index (χ1v) is 20.4. The lowest BCUT2D eigenvalue weighted by molar-refractivity contribution is -0.352. The number of ether oxygens (including phenoxy) is 4. The van der Waals surface area contributed by atoms with Gasteiger partial charge in [0.2, 0.25) is 0 Å². The minimum atomic E-state index is -1.68. The van der Waals surface area contributed by atoms with Crippen LogP contribution in [0.2, 0.25) is 0 Å². The van der Waals surface area contributed by atoms with Crippen molar-refractivity contribution in [3.63, 3.8) is 0 Å². The highest BCUT2D eigenvalue weighted by atomic mass is 16.7. The number of carbonyl (C=O) groups is 1. The second-order valence-corrected chi connectivity index (χ2v) is 20.1. The van der Waals surface area contributed by atoms with E-state index in [4.69, 9.17) is 18.9 Å². The molecule has 0 spiro atoms. The Morgan fingerprint density at radius 1 is 0.796 bits per heavy atom. The summed E-state index contributed by atoms with van der Waals surface area (Å²) in [5.41, 5.74) is -0.234. The summed E-state index contributed by atoms with van der Waals surface area (Å²) in [4.78, 5) is 13.0. The van der Waals surface area contributed by atoms with Crippen molar-refractivity contribution in [2.24, 2.45) is 50.2 Å². The summed E-state index contributed by atoms with van der Waals surface area (Å²) in [5, 5.41) is 84.5. The molecule has 18 atom stereocenters. The van der Waals surface area contributed by atoms with Crippen LogP contribution in [0.15, 0.2) is 11.6 Å². The SMILES string of the molecule is CC1(C)CC[C@]2(C(=O)O)CC[C@]3(C)C(=CC[C@@H]4[C@@]5(C)CC[C@H](O[C@H]6OC[C@H](O[C@H]7O[C@@H](CO)[C@H](O)[C@@H](O)[C@@H]7O)[C@@H](O)[C@@H]6O)[C@@](C)(CO)[C@@H]5CC[C@@]43C)[C@H]2C1. The number of aliphatic hydroxyl groups is 7. The molecule has 0 unspecified atom stereocenters. The number of fused-ring (bicyclic) bond motifs is 7. The van der Waals surface area contributed by atoms with Gasteiger partial charge in [-0.3, -0.25) is 4.79 Å². The third-order valence-corrected chi connectivity index (χ3v) is 17.0. The highest BCUT2D eigenvalue weighted by Gasteiger charge is 2.70. The number of carboxylic acid groups (broad SMARTS) is 1. The second kappa shape index (κ2) is 14.0. The molecule has 13 heteroatoms. The number of aliphatic hydroxyl groups excluding tert-OH is 7. The molecule has 7 rings (SSSR count). The Balaban J connectivity index is 1.08. The van der Waals surface area contributed by atoms with Gasteiger partial charge < -0.3 is 59.8 Å². The van der Waals surface area contributed by atoms with Gasteiger partial charge in [-0.25, -0.2) is 0 Å². The van der Waals surface area contributed by atoms with Crippen molar-refractivity contribution in [3.8, 4) is 0 Å². The minimum absolute atomic E-state index is 0.0344. The zero-order valence-electron chi connectivity index (χ0n) is 32.9. The van der Waals surface area contributed by atoms with Gasteiger partial charge in [0.1, 0.15) is 42.7 Å². The number of hydrogen-bond donors (Lipinski definition) is 8. The number of aliphatic carboxylic acids is 1. The number of allylic oxidation sites excluding steroid dienone is 2. The molecule has 6 fully saturated rings. The Morgan fingerprint density at radius 3 is 2.15 bits per heavy atom. The van der Waals surface area contributed by atoms with E-state index in [-0.39, 0.29) is 46.7 Å². The Hall–Kier alpha value is -1.23. The Bertz CT molecular complexity index is 1450. The van der Waals surface area contributed by atoms with Gasteiger partial charge in [-0.1, -0.05) is 53.2 Å². The van der Waals surface area contributed by atoms with Gasteiger partial charge in [0, 0.05) is 5.41 Å². The molecule has 0 amide bonds. The highest BCUT2D eigenvalue weighted by molar-refractivity contribution is 5.76. The van der Waals surface area contributed by atoms with E-state index in [1.807, 2.05) is 0 Å². The maximum absolute atomic E-state index is 13.0. The van der Waals surface area contributed by atoms with Crippen LogP contribution >= 0.6 is 0 Å². The fraction of sp³-hybridized carbons (Fsp3) is 0.927. The molecule has 0 bridgehead atoms. The zero-order chi connectivity index (χ0) is 39.4. The molecule has 308 valence electrons. The van der Waals surface area contributed by atoms with Crippen LogP contribution in [-0.4, -0.2) is 128 Å². The molecule has 2 heterocycles. The van der Waals surface area contributed by atoms with E-state index < -0.39 is 84.8 Å². The van der Waals surface area contributed by atoms with Gasteiger partial charge in [0.15, 0.2) is 12.6 Å². The van der Waals surface area contributed by atoms with Crippen LogP contribution in [0.1, 0.15) is 106 Å². The Labute approximate surface area is 319 Å². The first-order chi connectivity index (χ1) is 25.2. The lowest BCUT2D eigenvalue weighted by Gasteiger charge is -2.71. The summed E-state index contributed by atoms with van der Waals surface area (Å²) in [5.74, 6) is -0.194. The van der Waals surface area contributed by atoms with Gasteiger partial charge in [0.05, 0.1) is 31.3 Å². The van der Waals surface area contributed by atoms with Crippen molar-refractivity contribution in [1.29, 1.82) is 0 Å². The monoisotopic (exact) mass is 766 g/mol. The molecule has 0 aromatic heterocycles. The van der Waals surface area contributed by atoms with E-state index in [0.29, 0.717) is 18.8 Å². The van der Waals surface area contributed by atoms with Crippen molar-refractivity contribution in [2.45, 2.75) is 167 Å². The number of carboxylic acids is 1. The molecule has 5 aliphatic carbocycles. The average molecular weight is 767 g/mol. The molecule has 0 radical (unpaired) electrons. The molecule has 7 aliphatic rings. The standard InChI is InChI=1S/C41H66O13/c1-36(2)13-15-41(35(49)50)16-14-39(5)21(22(41)17-36)7-8-26-37(3)11-10-27(38(4,20-43)25(37)9-12-40(26,39)6)54-33-31(47)29(45)24(19-51-33)53-34-32(48)30(46)28(44)23(18-42)52-34/h7,22-34,42-48H,8-20H2,1-6H3,(H,49,50)/t22-,23+,24+,25-,26-,27+,28+,29-,30-,31+,32+,33-,34-,37+,38+,39-,40+,41+/m1/s1. The van der Waals surface area contributed by atoms with Crippen molar-refractivity contribution >= 4 is 5.97 Å². The molecule has 0 aromatic carbocycles. The lowest BCUT2D eigenvalue weighted by Crippen LogP contribution is -2.67. The maximum atomic E-state index is 13.0. The summed E-state index contributed by atoms with van der Waals surface area (Å²) in [6.07, 6.45) is -2.86. The number of hydrogen-bond acceptors (Lipinski definition) is 12. The normalized spacial score (nSPS) is 54.3. The summed E-state index contributed by atoms with van der Waals surface area (Å²) in [7, 11) is 0. The van der Waals surface area contributed by atoms with Gasteiger partial charge in [0.25, 0.3) is 0 Å². The van der Waals surface area contributed by atoms with E-state index in [0.717, 1.165) is 51.4 Å². The van der Waals surface area contributed by atoms with E-state index in [1.54, 1.807) is 0 Å². The quantitative estimate of drug-likeness (QED) is 0.138. The van der Waals surface area contributed by atoms with Crippen LogP contribution in [-0.2, 0) is 23.7 Å². The van der Waals surface area contributed by atoms with Gasteiger partial charge in [-0.15, -0.1) is 0 Å². The number of rotatable bonds is 7. The van der Waals surface area contributed by atoms with Crippen molar-refractivity contribution in [2.75, 3.05) is 19.8 Å². The minimum Gasteiger partial charge on any atom is -0.481 e. The Kier molecular flexibility index (Phi) is 10.6. The van der Waals surface area contributed by atoms with E-state index in [1.165, 1.54) is 5.57 Å². The van der Waals surface area contributed by atoms with Gasteiger partial charge >= 0.3 is 5.97 Å². The predicted molar refractivity (Wildman–Crippen MR) is 193 cm³/mol.